The van der Waals surface area contributed by atoms with Crippen molar-refractivity contribution in [1.29, 1.82) is 0 Å². The summed E-state index contributed by atoms with van der Waals surface area (Å²) in [6.45, 7) is 5.12. The minimum absolute atomic E-state index is 0.0428. The summed E-state index contributed by atoms with van der Waals surface area (Å²) >= 11 is 12.4. The minimum atomic E-state index is -0.0428. The highest BCUT2D eigenvalue weighted by Crippen LogP contribution is 2.36. The molecule has 0 amide bonds. The molecule has 2 N–H and O–H groups in total. The van der Waals surface area contributed by atoms with Gasteiger partial charge in [0, 0.05) is 28.5 Å². The zero-order valence-electron chi connectivity index (χ0n) is 15.8. The summed E-state index contributed by atoms with van der Waals surface area (Å²) in [5.41, 5.74) is 8.97. The fourth-order valence-corrected chi connectivity index (χ4v) is 4.71. The van der Waals surface area contributed by atoms with Gasteiger partial charge < -0.3 is 10.5 Å². The molecule has 0 saturated carbocycles. The van der Waals surface area contributed by atoms with Crippen molar-refractivity contribution < 1.29 is 9.53 Å². The highest BCUT2D eigenvalue weighted by Gasteiger charge is 2.29. The van der Waals surface area contributed by atoms with Crippen molar-refractivity contribution in [1.82, 2.24) is 4.90 Å². The first-order valence-corrected chi connectivity index (χ1v) is 10.5. The Morgan fingerprint density at radius 3 is 2.67 bits per heavy atom. The van der Waals surface area contributed by atoms with Crippen molar-refractivity contribution in [3.05, 3.63) is 45.5 Å². The van der Waals surface area contributed by atoms with E-state index in [1.165, 1.54) is 5.57 Å². The first kappa shape index (κ1) is 20.7. The summed E-state index contributed by atoms with van der Waals surface area (Å²) in [6.07, 6.45) is 5.84. The van der Waals surface area contributed by atoms with Crippen LogP contribution in [0.25, 0.3) is 0 Å². The van der Waals surface area contributed by atoms with Gasteiger partial charge >= 0.3 is 5.97 Å². The zero-order chi connectivity index (χ0) is 19.4. The van der Waals surface area contributed by atoms with Crippen molar-refractivity contribution in [3.63, 3.8) is 0 Å². The SMILES string of the molecule is CCOC(=O)C1CCN(CC2=CC[C@@H](c3ccc(Cl)cc3Cl)[C@H](N)C2)CC1. The fraction of sp³-hybridized carbons (Fsp3) is 0.571. The Morgan fingerprint density at radius 1 is 1.30 bits per heavy atom. The van der Waals surface area contributed by atoms with Crippen molar-refractivity contribution >= 4 is 29.2 Å². The molecule has 148 valence electrons. The largest absolute Gasteiger partial charge is 0.466 e. The lowest BCUT2D eigenvalue weighted by Gasteiger charge is -2.34. The van der Waals surface area contributed by atoms with Crippen LogP contribution in [0, 0.1) is 5.92 Å². The second kappa shape index (κ2) is 9.42. The van der Waals surface area contributed by atoms with E-state index in [1.807, 2.05) is 19.1 Å². The number of rotatable bonds is 5. The Hall–Kier alpha value is -1.07. The van der Waals surface area contributed by atoms with E-state index in [0.29, 0.717) is 16.7 Å². The topological polar surface area (TPSA) is 55.6 Å². The van der Waals surface area contributed by atoms with Gasteiger partial charge in [0.2, 0.25) is 0 Å². The number of allylic oxidation sites excluding steroid dienone is 1. The molecule has 1 aromatic rings. The number of esters is 1. The molecule has 1 aliphatic heterocycles. The maximum Gasteiger partial charge on any atom is 0.309 e. The molecule has 1 saturated heterocycles. The standard InChI is InChI=1S/C21H28Cl2N2O2/c1-2-27-21(26)15-7-9-25(10-8-15)13-14-3-5-18(20(24)11-14)17-6-4-16(22)12-19(17)23/h3-4,6,12,15,18,20H,2,5,7-11,13,24H2,1H3/t18-,20+/m0/s1. The van der Waals surface area contributed by atoms with Gasteiger partial charge in [0.25, 0.3) is 0 Å². The second-order valence-electron chi connectivity index (χ2n) is 7.54. The maximum atomic E-state index is 11.9. The Morgan fingerprint density at radius 2 is 2.04 bits per heavy atom. The predicted molar refractivity (Wildman–Crippen MR) is 110 cm³/mol. The monoisotopic (exact) mass is 410 g/mol. The van der Waals surface area contributed by atoms with E-state index >= 15 is 0 Å². The number of nitrogens with zero attached hydrogens (tertiary/aromatic N) is 1. The summed E-state index contributed by atoms with van der Waals surface area (Å²) in [5.74, 6) is 0.243. The van der Waals surface area contributed by atoms with Gasteiger partial charge in [0.15, 0.2) is 0 Å². The number of likely N-dealkylation sites (tertiary alicyclic amines) is 1. The molecule has 6 heteroatoms. The highest BCUT2D eigenvalue weighted by atomic mass is 35.5. The molecule has 1 heterocycles. The van der Waals surface area contributed by atoms with E-state index in [1.54, 1.807) is 6.07 Å². The molecule has 0 radical (unpaired) electrons. The average Bonchev–Trinajstić information content (AvgIpc) is 2.63. The van der Waals surface area contributed by atoms with Gasteiger partial charge in [0.05, 0.1) is 12.5 Å². The van der Waals surface area contributed by atoms with Crippen molar-refractivity contribution in [2.24, 2.45) is 11.7 Å². The van der Waals surface area contributed by atoms with Gasteiger partial charge in [-0.15, -0.1) is 0 Å². The van der Waals surface area contributed by atoms with Crippen LogP contribution in [0.3, 0.4) is 0 Å². The van der Waals surface area contributed by atoms with Crippen molar-refractivity contribution in [2.45, 2.75) is 44.6 Å². The normalized spacial score (nSPS) is 24.5. The highest BCUT2D eigenvalue weighted by molar-refractivity contribution is 6.35. The van der Waals surface area contributed by atoms with Gasteiger partial charge in [-0.2, -0.15) is 0 Å². The number of halogens is 2. The van der Waals surface area contributed by atoms with Crippen molar-refractivity contribution in [2.75, 3.05) is 26.2 Å². The molecule has 1 fully saturated rings. The van der Waals surface area contributed by atoms with Gasteiger partial charge in [-0.3, -0.25) is 9.69 Å². The van der Waals surface area contributed by atoms with E-state index in [0.717, 1.165) is 50.9 Å². The summed E-state index contributed by atoms with van der Waals surface area (Å²) in [5, 5.41) is 1.34. The molecule has 2 aliphatic rings. The number of ether oxygens (including phenoxy) is 1. The first-order chi connectivity index (χ1) is 13.0. The third-order valence-corrected chi connectivity index (χ3v) is 6.23. The zero-order valence-corrected chi connectivity index (χ0v) is 17.3. The smallest absolute Gasteiger partial charge is 0.309 e. The van der Waals surface area contributed by atoms with Crippen LogP contribution in [0.1, 0.15) is 44.1 Å². The Labute approximate surface area is 171 Å². The second-order valence-corrected chi connectivity index (χ2v) is 8.38. The Balaban J connectivity index is 1.54. The van der Waals surface area contributed by atoms with Crippen LogP contribution in [0.5, 0.6) is 0 Å². The van der Waals surface area contributed by atoms with E-state index in [2.05, 4.69) is 11.0 Å². The summed E-state index contributed by atoms with van der Waals surface area (Å²) in [6, 6.07) is 5.72. The third-order valence-electron chi connectivity index (χ3n) is 5.67. The van der Waals surface area contributed by atoms with E-state index in [-0.39, 0.29) is 23.8 Å². The Kier molecular flexibility index (Phi) is 7.21. The van der Waals surface area contributed by atoms with Crippen LogP contribution >= 0.6 is 23.2 Å². The maximum absolute atomic E-state index is 11.9. The molecular weight excluding hydrogens is 383 g/mol. The number of hydrogen-bond acceptors (Lipinski definition) is 4. The first-order valence-electron chi connectivity index (χ1n) is 9.75. The number of carbonyl (C=O) groups excluding carboxylic acids is 1. The minimum Gasteiger partial charge on any atom is -0.466 e. The number of benzene rings is 1. The third kappa shape index (κ3) is 5.26. The van der Waals surface area contributed by atoms with Crippen LogP contribution < -0.4 is 5.73 Å². The number of carbonyl (C=O) groups is 1. The molecule has 4 nitrogen and oxygen atoms in total. The lowest BCUT2D eigenvalue weighted by atomic mass is 9.80. The number of piperidine rings is 1. The van der Waals surface area contributed by atoms with Crippen LogP contribution in [0.15, 0.2) is 29.8 Å². The van der Waals surface area contributed by atoms with Crippen molar-refractivity contribution in [3.8, 4) is 0 Å². The lowest BCUT2D eigenvalue weighted by Crippen LogP contribution is -2.39. The van der Waals surface area contributed by atoms with E-state index in [4.69, 9.17) is 33.7 Å². The Bertz CT molecular complexity index is 699. The summed E-state index contributed by atoms with van der Waals surface area (Å²) < 4.78 is 5.15. The van der Waals surface area contributed by atoms with Crippen LogP contribution in [-0.4, -0.2) is 43.2 Å². The lowest BCUT2D eigenvalue weighted by molar-refractivity contribution is -0.149. The molecule has 0 spiro atoms. The predicted octanol–water partition coefficient (Wildman–Crippen LogP) is 4.40. The molecule has 0 aromatic heterocycles. The molecule has 1 aliphatic carbocycles. The quantitative estimate of drug-likeness (QED) is 0.577. The number of hydrogen-bond donors (Lipinski definition) is 1. The molecule has 27 heavy (non-hydrogen) atoms. The summed E-state index contributed by atoms with van der Waals surface area (Å²) in [7, 11) is 0. The van der Waals surface area contributed by atoms with E-state index < -0.39 is 0 Å². The van der Waals surface area contributed by atoms with Gasteiger partial charge in [-0.25, -0.2) is 0 Å². The number of nitrogens with two attached hydrogens (primary N) is 1. The molecule has 1 aromatic carbocycles. The molecular formula is C21H28Cl2N2O2. The van der Waals surface area contributed by atoms with Gasteiger partial charge in [-0.1, -0.05) is 40.9 Å². The van der Waals surface area contributed by atoms with E-state index in [9.17, 15) is 4.79 Å². The van der Waals surface area contributed by atoms with Gasteiger partial charge in [-0.05, 0) is 63.4 Å². The molecule has 3 rings (SSSR count). The van der Waals surface area contributed by atoms with Crippen LogP contribution in [0.4, 0.5) is 0 Å². The summed E-state index contributed by atoms with van der Waals surface area (Å²) in [4.78, 5) is 14.3. The fourth-order valence-electron chi connectivity index (χ4n) is 4.16. The van der Waals surface area contributed by atoms with Crippen LogP contribution in [-0.2, 0) is 9.53 Å². The molecule has 0 unspecified atom stereocenters. The van der Waals surface area contributed by atoms with Gasteiger partial charge in [0.1, 0.15) is 0 Å². The van der Waals surface area contributed by atoms with Crippen LogP contribution in [0.2, 0.25) is 10.0 Å². The molecule has 2 atom stereocenters. The molecule has 0 bridgehead atoms. The average molecular weight is 411 g/mol.